The maximum absolute atomic E-state index is 12.2. The predicted octanol–water partition coefficient (Wildman–Crippen LogP) is 2.87. The third-order valence-corrected chi connectivity index (χ3v) is 3.48. The van der Waals surface area contributed by atoms with E-state index in [-0.39, 0.29) is 36.6 Å². The summed E-state index contributed by atoms with van der Waals surface area (Å²) in [5.74, 6) is 0.235. The lowest BCUT2D eigenvalue weighted by atomic mass is 9.92. The van der Waals surface area contributed by atoms with E-state index in [9.17, 15) is 4.79 Å². The third-order valence-electron chi connectivity index (χ3n) is 3.48. The Bertz CT molecular complexity index is 454. The molecule has 20 heavy (non-hydrogen) atoms. The first kappa shape index (κ1) is 19.2. The van der Waals surface area contributed by atoms with Crippen molar-refractivity contribution >= 4 is 36.4 Å². The Morgan fingerprint density at radius 2 is 2.05 bits per heavy atom. The van der Waals surface area contributed by atoms with Gasteiger partial charge < -0.3 is 10.6 Å². The minimum Gasteiger partial charge on any atom is -0.324 e. The number of aryl methyl sites for hydroxylation is 2. The van der Waals surface area contributed by atoms with E-state index in [1.165, 1.54) is 0 Å². The number of anilines is 1. The number of rotatable bonds is 2. The molecule has 1 aliphatic heterocycles. The first-order valence-electron chi connectivity index (χ1n) is 6.55. The molecule has 0 spiro atoms. The van der Waals surface area contributed by atoms with E-state index in [1.807, 2.05) is 26.0 Å². The summed E-state index contributed by atoms with van der Waals surface area (Å²) in [6.45, 7) is 6.92. The lowest BCUT2D eigenvalue weighted by molar-refractivity contribution is -0.120. The number of halogens is 2. The van der Waals surface area contributed by atoms with Crippen molar-refractivity contribution < 1.29 is 4.79 Å². The van der Waals surface area contributed by atoms with Gasteiger partial charge in [0.2, 0.25) is 5.91 Å². The predicted molar refractivity (Wildman–Crippen MR) is 87.0 cm³/mol. The summed E-state index contributed by atoms with van der Waals surface area (Å²) in [5, 5.41) is 6.36. The Balaban J connectivity index is 0.00000180. The molecule has 0 bridgehead atoms. The Labute approximate surface area is 132 Å². The molecular formula is C14H23Cl2N3O. The zero-order valence-electron chi connectivity index (χ0n) is 12.1. The van der Waals surface area contributed by atoms with Crippen LogP contribution < -0.4 is 10.6 Å². The van der Waals surface area contributed by atoms with Gasteiger partial charge in [-0.25, -0.2) is 0 Å². The van der Waals surface area contributed by atoms with Crippen molar-refractivity contribution in [3.8, 4) is 0 Å². The van der Waals surface area contributed by atoms with Crippen molar-refractivity contribution in [3.63, 3.8) is 0 Å². The van der Waals surface area contributed by atoms with E-state index >= 15 is 0 Å². The number of aromatic nitrogens is 1. The molecular weight excluding hydrogens is 297 g/mol. The van der Waals surface area contributed by atoms with Crippen LogP contribution >= 0.6 is 24.8 Å². The number of amides is 1. The highest BCUT2D eigenvalue weighted by Gasteiger charge is 2.24. The second kappa shape index (κ2) is 8.45. The van der Waals surface area contributed by atoms with Crippen LogP contribution in [0.5, 0.6) is 0 Å². The zero-order chi connectivity index (χ0) is 13.1. The van der Waals surface area contributed by atoms with Gasteiger partial charge in [0.15, 0.2) is 0 Å². The quantitative estimate of drug-likeness (QED) is 0.881. The van der Waals surface area contributed by atoms with E-state index in [2.05, 4.69) is 22.5 Å². The van der Waals surface area contributed by atoms with Gasteiger partial charge >= 0.3 is 0 Å². The highest BCUT2D eigenvalue weighted by molar-refractivity contribution is 5.93. The molecule has 0 radical (unpaired) electrons. The van der Waals surface area contributed by atoms with Crippen LogP contribution in [0.25, 0.3) is 0 Å². The molecule has 0 saturated carbocycles. The van der Waals surface area contributed by atoms with Crippen LogP contribution in [-0.4, -0.2) is 23.5 Å². The molecule has 0 aliphatic carbocycles. The molecule has 0 aromatic carbocycles. The molecule has 1 aliphatic rings. The second-order valence-corrected chi connectivity index (χ2v) is 5.15. The summed E-state index contributed by atoms with van der Waals surface area (Å²) in [5.41, 5.74) is 2.68. The van der Waals surface area contributed by atoms with Crippen LogP contribution in [0.3, 0.4) is 0 Å². The number of nitrogens with one attached hydrogen (secondary N) is 2. The molecule has 1 saturated heterocycles. The van der Waals surface area contributed by atoms with Crippen molar-refractivity contribution in [2.75, 3.05) is 11.9 Å². The van der Waals surface area contributed by atoms with Crippen molar-refractivity contribution in [1.82, 2.24) is 10.3 Å². The van der Waals surface area contributed by atoms with Crippen LogP contribution in [-0.2, 0) is 4.79 Å². The summed E-state index contributed by atoms with van der Waals surface area (Å²) in [6.07, 6.45) is 1.82. The number of pyridine rings is 1. The molecule has 2 heterocycles. The summed E-state index contributed by atoms with van der Waals surface area (Å²) in [6, 6.07) is 4.28. The fraction of sp³-hybridized carbons (Fsp3) is 0.571. The van der Waals surface area contributed by atoms with Crippen molar-refractivity contribution in [3.05, 3.63) is 23.5 Å². The number of carbonyl (C=O) groups excluding carboxylic acids is 1. The molecule has 2 atom stereocenters. The van der Waals surface area contributed by atoms with Gasteiger partial charge in [-0.05, 0) is 52.3 Å². The van der Waals surface area contributed by atoms with E-state index in [4.69, 9.17) is 0 Å². The van der Waals surface area contributed by atoms with Crippen LogP contribution in [0.1, 0.15) is 31.2 Å². The summed E-state index contributed by atoms with van der Waals surface area (Å²) < 4.78 is 0. The lowest BCUT2D eigenvalue weighted by Crippen LogP contribution is -2.40. The molecule has 2 rings (SSSR count). The zero-order valence-corrected chi connectivity index (χ0v) is 13.7. The average Bonchev–Trinajstić information content (AvgIpc) is 2.32. The monoisotopic (exact) mass is 319 g/mol. The highest BCUT2D eigenvalue weighted by Crippen LogP contribution is 2.20. The van der Waals surface area contributed by atoms with Gasteiger partial charge in [0.1, 0.15) is 0 Å². The molecule has 4 nitrogen and oxygen atoms in total. The van der Waals surface area contributed by atoms with E-state index in [1.54, 1.807) is 0 Å². The van der Waals surface area contributed by atoms with Crippen molar-refractivity contribution in [1.29, 1.82) is 0 Å². The van der Waals surface area contributed by atoms with Crippen molar-refractivity contribution in [2.45, 2.75) is 39.7 Å². The lowest BCUT2D eigenvalue weighted by Gasteiger charge is -2.27. The topological polar surface area (TPSA) is 54.0 Å². The number of hydrogen-bond acceptors (Lipinski definition) is 3. The highest BCUT2D eigenvalue weighted by atomic mass is 35.5. The number of hydrogen-bond donors (Lipinski definition) is 2. The van der Waals surface area contributed by atoms with Gasteiger partial charge in [-0.2, -0.15) is 0 Å². The van der Waals surface area contributed by atoms with Gasteiger partial charge in [-0.3, -0.25) is 9.78 Å². The summed E-state index contributed by atoms with van der Waals surface area (Å²) in [7, 11) is 0. The molecule has 2 N–H and O–H groups in total. The van der Waals surface area contributed by atoms with Gasteiger partial charge in [-0.1, -0.05) is 0 Å². The Morgan fingerprint density at radius 1 is 1.35 bits per heavy atom. The first-order chi connectivity index (χ1) is 8.56. The molecule has 1 fully saturated rings. The smallest absolute Gasteiger partial charge is 0.227 e. The van der Waals surface area contributed by atoms with Gasteiger partial charge in [0, 0.05) is 17.7 Å². The standard InChI is InChI=1S/C14H21N3O.2ClH/c1-9-4-5-13(11(3)16-9)17-14(18)12-6-7-15-10(2)8-12;;/h4-5,10,12,15H,6-8H2,1-3H3,(H,17,18);2*1H/t10-,12-;;/m0../s1. The minimum absolute atomic E-state index is 0. The van der Waals surface area contributed by atoms with Gasteiger partial charge in [0.05, 0.1) is 11.4 Å². The second-order valence-electron chi connectivity index (χ2n) is 5.15. The van der Waals surface area contributed by atoms with E-state index in [0.717, 1.165) is 36.5 Å². The maximum Gasteiger partial charge on any atom is 0.227 e. The Hall–Kier alpha value is -0.840. The average molecular weight is 320 g/mol. The van der Waals surface area contributed by atoms with Gasteiger partial charge in [-0.15, -0.1) is 24.8 Å². The van der Waals surface area contributed by atoms with Crippen LogP contribution in [0.4, 0.5) is 5.69 Å². The number of carbonyl (C=O) groups is 1. The number of piperidine rings is 1. The third kappa shape index (κ3) is 4.93. The SMILES string of the molecule is Cc1ccc(NC(=O)[C@H]2CCN[C@@H](C)C2)c(C)n1.Cl.Cl. The molecule has 6 heteroatoms. The molecule has 0 unspecified atom stereocenters. The van der Waals surface area contributed by atoms with Gasteiger partial charge in [0.25, 0.3) is 0 Å². The van der Waals surface area contributed by atoms with E-state index < -0.39 is 0 Å². The maximum atomic E-state index is 12.2. The van der Waals surface area contributed by atoms with E-state index in [0.29, 0.717) is 6.04 Å². The Kier molecular flexibility index (Phi) is 8.09. The molecule has 1 amide bonds. The molecule has 1 aromatic rings. The molecule has 1 aromatic heterocycles. The summed E-state index contributed by atoms with van der Waals surface area (Å²) in [4.78, 5) is 16.5. The fourth-order valence-corrected chi connectivity index (χ4v) is 2.42. The van der Waals surface area contributed by atoms with Crippen LogP contribution in [0.15, 0.2) is 12.1 Å². The normalized spacial score (nSPS) is 21.4. The summed E-state index contributed by atoms with van der Waals surface area (Å²) >= 11 is 0. The molecule has 114 valence electrons. The van der Waals surface area contributed by atoms with Crippen LogP contribution in [0, 0.1) is 19.8 Å². The largest absolute Gasteiger partial charge is 0.324 e. The fourth-order valence-electron chi connectivity index (χ4n) is 2.42. The first-order valence-corrected chi connectivity index (χ1v) is 6.55. The number of nitrogens with zero attached hydrogens (tertiary/aromatic N) is 1. The van der Waals surface area contributed by atoms with Crippen LogP contribution in [0.2, 0.25) is 0 Å². The van der Waals surface area contributed by atoms with Crippen molar-refractivity contribution in [2.24, 2.45) is 5.92 Å². The Morgan fingerprint density at radius 3 is 2.65 bits per heavy atom. The minimum atomic E-state index is 0.